The van der Waals surface area contributed by atoms with E-state index in [1.54, 1.807) is 6.07 Å². The summed E-state index contributed by atoms with van der Waals surface area (Å²) in [6, 6.07) is 19.4. The largest absolute Gasteiger partial charge is 0.333 e. The van der Waals surface area contributed by atoms with Gasteiger partial charge in [0.25, 0.3) is 0 Å². The van der Waals surface area contributed by atoms with Crippen LogP contribution in [0.15, 0.2) is 65.8 Å². The lowest BCUT2D eigenvalue weighted by Crippen LogP contribution is -2.22. The number of amides is 1. The number of hydrogen-bond donors (Lipinski definition) is 2. The Morgan fingerprint density at radius 1 is 1.15 bits per heavy atom. The number of aromatic amines is 1. The van der Waals surface area contributed by atoms with Crippen LogP contribution in [0.3, 0.4) is 0 Å². The summed E-state index contributed by atoms with van der Waals surface area (Å²) in [6.07, 6.45) is 0. The molecular formula is C20H16ClN3OS. The van der Waals surface area contributed by atoms with Crippen LogP contribution in [0.25, 0.3) is 21.8 Å². The van der Waals surface area contributed by atoms with Gasteiger partial charge in [0.05, 0.1) is 16.3 Å². The number of carbonyl (C=O) groups is 1. The first kappa shape index (κ1) is 16.9. The van der Waals surface area contributed by atoms with Crippen LogP contribution in [0.5, 0.6) is 0 Å². The van der Waals surface area contributed by atoms with Gasteiger partial charge < -0.3 is 10.3 Å². The number of halogens is 1. The molecule has 0 aliphatic carbocycles. The number of nitrogens with zero attached hydrogens (tertiary/aromatic N) is 1. The van der Waals surface area contributed by atoms with Gasteiger partial charge in [-0.15, -0.1) is 0 Å². The van der Waals surface area contributed by atoms with Gasteiger partial charge in [0.15, 0.2) is 5.16 Å². The maximum Gasteiger partial charge on any atom is 0.237 e. The number of nitrogens with one attached hydrogen (secondary N) is 2. The van der Waals surface area contributed by atoms with E-state index in [4.69, 9.17) is 11.6 Å². The molecule has 1 amide bonds. The number of benzene rings is 3. The molecule has 6 heteroatoms. The Kier molecular flexibility index (Phi) is 4.57. The van der Waals surface area contributed by atoms with Crippen molar-refractivity contribution in [2.24, 2.45) is 0 Å². The summed E-state index contributed by atoms with van der Waals surface area (Å²) in [6.45, 7) is 1.87. The van der Waals surface area contributed by atoms with Crippen molar-refractivity contribution in [2.45, 2.75) is 17.3 Å². The second-order valence-corrected chi connectivity index (χ2v) is 7.75. The van der Waals surface area contributed by atoms with Crippen LogP contribution in [0.1, 0.15) is 6.92 Å². The number of H-pyrrole nitrogens is 1. The summed E-state index contributed by atoms with van der Waals surface area (Å²) in [4.78, 5) is 20.3. The fraction of sp³-hybridized carbons (Fsp3) is 0.100. The molecule has 2 N–H and O–H groups in total. The minimum absolute atomic E-state index is 0.0650. The molecule has 0 aliphatic heterocycles. The van der Waals surface area contributed by atoms with Gasteiger partial charge in [-0.2, -0.15) is 0 Å². The molecule has 0 saturated carbocycles. The van der Waals surface area contributed by atoms with Gasteiger partial charge >= 0.3 is 0 Å². The molecule has 0 spiro atoms. The van der Waals surface area contributed by atoms with Gasteiger partial charge in [0.2, 0.25) is 5.91 Å². The van der Waals surface area contributed by atoms with Gasteiger partial charge in [-0.3, -0.25) is 4.79 Å². The molecule has 130 valence electrons. The van der Waals surface area contributed by atoms with Crippen molar-refractivity contribution in [3.05, 3.63) is 65.7 Å². The maximum absolute atomic E-state index is 12.6. The van der Waals surface area contributed by atoms with Crippen molar-refractivity contribution < 1.29 is 4.79 Å². The molecule has 26 heavy (non-hydrogen) atoms. The van der Waals surface area contributed by atoms with Crippen molar-refractivity contribution >= 4 is 56.8 Å². The second kappa shape index (κ2) is 7.02. The third-order valence-electron chi connectivity index (χ3n) is 4.13. The zero-order valence-electron chi connectivity index (χ0n) is 14.0. The lowest BCUT2D eigenvalue weighted by molar-refractivity contribution is -0.115. The molecule has 0 aliphatic rings. The van der Waals surface area contributed by atoms with Gasteiger partial charge in [-0.25, -0.2) is 4.98 Å². The molecule has 0 bridgehead atoms. The molecule has 3 aromatic carbocycles. The highest BCUT2D eigenvalue weighted by atomic mass is 35.5. The highest BCUT2D eigenvalue weighted by Gasteiger charge is 2.17. The Bertz CT molecular complexity index is 1100. The lowest BCUT2D eigenvalue weighted by atomic mass is 10.1. The van der Waals surface area contributed by atoms with Crippen LogP contribution in [-0.2, 0) is 4.79 Å². The number of fused-ring (bicyclic) bond motifs is 2. The molecular weight excluding hydrogens is 366 g/mol. The third kappa shape index (κ3) is 3.41. The van der Waals surface area contributed by atoms with Crippen LogP contribution < -0.4 is 5.32 Å². The SMILES string of the molecule is CC(Sc1nc2ccc(Cl)cc2[nH]1)C(=O)Nc1cccc2ccccc12. The van der Waals surface area contributed by atoms with E-state index in [9.17, 15) is 4.79 Å². The Labute approximate surface area is 160 Å². The average Bonchev–Trinajstić information content (AvgIpc) is 3.03. The van der Waals surface area contributed by atoms with Crippen molar-refractivity contribution in [3.63, 3.8) is 0 Å². The molecule has 0 radical (unpaired) electrons. The fourth-order valence-electron chi connectivity index (χ4n) is 2.80. The molecule has 1 unspecified atom stereocenters. The topological polar surface area (TPSA) is 57.8 Å². The molecule has 4 nitrogen and oxygen atoms in total. The number of anilines is 1. The van der Waals surface area contributed by atoms with Crippen LogP contribution >= 0.6 is 23.4 Å². The second-order valence-electron chi connectivity index (χ2n) is 5.98. The summed E-state index contributed by atoms with van der Waals surface area (Å²) in [5, 5.41) is 6.20. The quantitative estimate of drug-likeness (QED) is 0.459. The Morgan fingerprint density at radius 3 is 2.85 bits per heavy atom. The number of carbonyl (C=O) groups excluding carboxylic acids is 1. The minimum atomic E-state index is -0.301. The van der Waals surface area contributed by atoms with E-state index >= 15 is 0 Å². The highest BCUT2D eigenvalue weighted by Crippen LogP contribution is 2.27. The summed E-state index contributed by atoms with van der Waals surface area (Å²) in [5.74, 6) is -0.0650. The van der Waals surface area contributed by atoms with Crippen molar-refractivity contribution in [1.82, 2.24) is 9.97 Å². The molecule has 1 aromatic heterocycles. The van der Waals surface area contributed by atoms with Crippen molar-refractivity contribution in [2.75, 3.05) is 5.32 Å². The first-order valence-corrected chi connectivity index (χ1v) is 9.46. The number of rotatable bonds is 4. The van der Waals surface area contributed by atoms with Crippen LogP contribution in [-0.4, -0.2) is 21.1 Å². The normalized spacial score (nSPS) is 12.4. The first-order chi connectivity index (χ1) is 12.6. The first-order valence-electron chi connectivity index (χ1n) is 8.21. The monoisotopic (exact) mass is 381 g/mol. The Morgan fingerprint density at radius 2 is 1.96 bits per heavy atom. The number of aromatic nitrogens is 2. The van der Waals surface area contributed by atoms with Crippen molar-refractivity contribution in [1.29, 1.82) is 0 Å². The molecule has 4 aromatic rings. The van der Waals surface area contributed by atoms with Gasteiger partial charge in [-0.05, 0) is 36.6 Å². The van der Waals surface area contributed by atoms with Crippen molar-refractivity contribution in [3.8, 4) is 0 Å². The van der Waals surface area contributed by atoms with E-state index in [1.807, 2.05) is 61.5 Å². The van der Waals surface area contributed by atoms with E-state index < -0.39 is 0 Å². The molecule has 1 heterocycles. The Hall–Kier alpha value is -2.50. The van der Waals surface area contributed by atoms with Gasteiger partial charge in [-0.1, -0.05) is 59.8 Å². The number of imidazole rings is 1. The van der Waals surface area contributed by atoms with E-state index in [0.717, 1.165) is 27.5 Å². The highest BCUT2D eigenvalue weighted by molar-refractivity contribution is 8.00. The van der Waals surface area contributed by atoms with E-state index in [-0.39, 0.29) is 11.2 Å². The minimum Gasteiger partial charge on any atom is -0.333 e. The predicted octanol–water partition coefficient (Wildman–Crippen LogP) is 5.49. The maximum atomic E-state index is 12.6. The zero-order chi connectivity index (χ0) is 18.1. The summed E-state index contributed by atoms with van der Waals surface area (Å²) in [7, 11) is 0. The average molecular weight is 382 g/mol. The smallest absolute Gasteiger partial charge is 0.237 e. The van der Waals surface area contributed by atoms with Gasteiger partial charge in [0, 0.05) is 16.1 Å². The molecule has 0 saturated heterocycles. The van der Waals surface area contributed by atoms with E-state index in [1.165, 1.54) is 11.8 Å². The Balaban J connectivity index is 1.51. The van der Waals surface area contributed by atoms with Crippen LogP contribution in [0, 0.1) is 0 Å². The third-order valence-corrected chi connectivity index (χ3v) is 5.35. The lowest BCUT2D eigenvalue weighted by Gasteiger charge is -2.12. The summed E-state index contributed by atoms with van der Waals surface area (Å²) >= 11 is 7.39. The number of thioether (sulfide) groups is 1. The molecule has 4 rings (SSSR count). The summed E-state index contributed by atoms with van der Waals surface area (Å²) < 4.78 is 0. The van der Waals surface area contributed by atoms with Crippen LogP contribution in [0.2, 0.25) is 5.02 Å². The standard InChI is InChI=1S/C20H16ClN3OS/c1-12(26-20-23-17-10-9-14(21)11-18(17)24-20)19(25)22-16-8-4-6-13-5-2-3-7-15(13)16/h2-12H,1H3,(H,22,25)(H,23,24). The van der Waals surface area contributed by atoms with Crippen LogP contribution in [0.4, 0.5) is 5.69 Å². The summed E-state index contributed by atoms with van der Waals surface area (Å²) in [5.41, 5.74) is 2.51. The number of hydrogen-bond acceptors (Lipinski definition) is 3. The van der Waals surface area contributed by atoms with E-state index in [0.29, 0.717) is 10.2 Å². The fourth-order valence-corrected chi connectivity index (χ4v) is 3.80. The molecule has 1 atom stereocenters. The zero-order valence-corrected chi connectivity index (χ0v) is 15.6. The molecule has 0 fully saturated rings. The predicted molar refractivity (Wildman–Crippen MR) is 109 cm³/mol. The van der Waals surface area contributed by atoms with Gasteiger partial charge in [0.1, 0.15) is 0 Å². The van der Waals surface area contributed by atoms with E-state index in [2.05, 4.69) is 15.3 Å².